The van der Waals surface area contributed by atoms with Gasteiger partial charge in [0.15, 0.2) is 0 Å². The van der Waals surface area contributed by atoms with Crippen molar-refractivity contribution in [3.63, 3.8) is 0 Å². The third-order valence-corrected chi connectivity index (χ3v) is 2.80. The lowest BCUT2D eigenvalue weighted by atomic mass is 10.3. The number of hydrogen-bond acceptors (Lipinski definition) is 2. The van der Waals surface area contributed by atoms with E-state index in [1.807, 2.05) is 13.0 Å². The number of nitrogens with one attached hydrogen (secondary N) is 2. The number of aromatic nitrogens is 2. The van der Waals surface area contributed by atoms with E-state index in [0.29, 0.717) is 11.0 Å². The van der Waals surface area contributed by atoms with E-state index in [-0.39, 0.29) is 5.82 Å². The Labute approximate surface area is 101 Å². The van der Waals surface area contributed by atoms with Gasteiger partial charge in [-0.3, -0.25) is 0 Å². The quantitative estimate of drug-likeness (QED) is 0.908. The van der Waals surface area contributed by atoms with Gasteiger partial charge in [0.2, 0.25) is 0 Å². The number of aromatic amines is 1. The van der Waals surface area contributed by atoms with Crippen LogP contribution in [0.2, 0.25) is 0 Å². The normalized spacial score (nSPS) is 10.4. The molecule has 0 fully saturated rings. The molecule has 0 aliphatic rings. The molecule has 16 heavy (non-hydrogen) atoms. The van der Waals surface area contributed by atoms with Gasteiger partial charge in [0, 0.05) is 5.69 Å². The Kier molecular flexibility index (Phi) is 3.24. The van der Waals surface area contributed by atoms with Gasteiger partial charge >= 0.3 is 0 Å². The summed E-state index contributed by atoms with van der Waals surface area (Å²) in [6.07, 6.45) is 1.76. The van der Waals surface area contributed by atoms with Crippen LogP contribution < -0.4 is 5.32 Å². The molecule has 2 aromatic rings. The lowest BCUT2D eigenvalue weighted by Crippen LogP contribution is -2.00. The van der Waals surface area contributed by atoms with Crippen molar-refractivity contribution in [2.24, 2.45) is 0 Å². The molecule has 1 aromatic heterocycles. The van der Waals surface area contributed by atoms with Crippen LogP contribution in [0.25, 0.3) is 0 Å². The third-order valence-electron chi connectivity index (χ3n) is 2.16. The maximum Gasteiger partial charge on any atom is 0.139 e. The minimum absolute atomic E-state index is 0.272. The molecule has 0 saturated heterocycles. The average molecular weight is 284 g/mol. The maximum absolute atomic E-state index is 13.2. The van der Waals surface area contributed by atoms with Gasteiger partial charge in [-0.2, -0.15) is 0 Å². The van der Waals surface area contributed by atoms with Crippen LogP contribution in [0, 0.1) is 12.7 Å². The van der Waals surface area contributed by atoms with Gasteiger partial charge in [-0.15, -0.1) is 0 Å². The SMILES string of the molecule is Cc1ncc(CNc2ccc(Br)c(F)c2)[nH]1. The highest BCUT2D eigenvalue weighted by Gasteiger charge is 2.01. The number of benzene rings is 1. The Morgan fingerprint density at radius 3 is 2.94 bits per heavy atom. The summed E-state index contributed by atoms with van der Waals surface area (Å²) in [5.74, 6) is 0.601. The number of anilines is 1. The van der Waals surface area contributed by atoms with Gasteiger partial charge in [-0.25, -0.2) is 9.37 Å². The zero-order chi connectivity index (χ0) is 11.5. The van der Waals surface area contributed by atoms with Gasteiger partial charge in [-0.05, 0) is 41.1 Å². The summed E-state index contributed by atoms with van der Waals surface area (Å²) in [6, 6.07) is 4.94. The maximum atomic E-state index is 13.2. The monoisotopic (exact) mass is 283 g/mol. The molecule has 5 heteroatoms. The van der Waals surface area contributed by atoms with Crippen molar-refractivity contribution in [3.8, 4) is 0 Å². The summed E-state index contributed by atoms with van der Waals surface area (Å²) < 4.78 is 13.7. The highest BCUT2D eigenvalue weighted by atomic mass is 79.9. The molecule has 0 radical (unpaired) electrons. The van der Waals surface area contributed by atoms with E-state index < -0.39 is 0 Å². The summed E-state index contributed by atoms with van der Waals surface area (Å²) in [4.78, 5) is 7.18. The Bertz CT molecular complexity index is 496. The third kappa shape index (κ3) is 2.61. The first kappa shape index (κ1) is 11.1. The summed E-state index contributed by atoms with van der Waals surface area (Å²) in [5, 5.41) is 3.11. The number of hydrogen-bond donors (Lipinski definition) is 2. The van der Waals surface area contributed by atoms with Crippen molar-refractivity contribution in [3.05, 3.63) is 46.2 Å². The molecular formula is C11H11BrFN3. The lowest BCUT2D eigenvalue weighted by molar-refractivity contribution is 0.621. The molecule has 2 rings (SSSR count). The van der Waals surface area contributed by atoms with Crippen molar-refractivity contribution in [1.82, 2.24) is 9.97 Å². The van der Waals surface area contributed by atoms with Gasteiger partial charge in [0.05, 0.1) is 22.9 Å². The minimum atomic E-state index is -0.272. The van der Waals surface area contributed by atoms with Crippen LogP contribution in [0.4, 0.5) is 10.1 Å². The van der Waals surface area contributed by atoms with Gasteiger partial charge < -0.3 is 10.3 Å². The lowest BCUT2D eigenvalue weighted by Gasteiger charge is -2.05. The number of nitrogens with zero attached hydrogens (tertiary/aromatic N) is 1. The second-order valence-corrected chi connectivity index (χ2v) is 4.33. The van der Waals surface area contributed by atoms with Gasteiger partial charge in [0.1, 0.15) is 11.6 Å². The number of imidazole rings is 1. The predicted molar refractivity (Wildman–Crippen MR) is 64.8 cm³/mol. The Hall–Kier alpha value is -1.36. The number of halogens is 2. The van der Waals surface area contributed by atoms with E-state index in [9.17, 15) is 4.39 Å². The fourth-order valence-corrected chi connectivity index (χ4v) is 1.61. The van der Waals surface area contributed by atoms with Crippen LogP contribution in [-0.4, -0.2) is 9.97 Å². The molecular weight excluding hydrogens is 273 g/mol. The number of aryl methyl sites for hydroxylation is 1. The highest BCUT2D eigenvalue weighted by molar-refractivity contribution is 9.10. The predicted octanol–water partition coefficient (Wildman–Crippen LogP) is 3.23. The fourth-order valence-electron chi connectivity index (χ4n) is 1.36. The van der Waals surface area contributed by atoms with Crippen LogP contribution in [0.5, 0.6) is 0 Å². The molecule has 0 atom stereocenters. The van der Waals surface area contributed by atoms with E-state index in [1.165, 1.54) is 6.07 Å². The average Bonchev–Trinajstić information content (AvgIpc) is 2.66. The van der Waals surface area contributed by atoms with Crippen molar-refractivity contribution >= 4 is 21.6 Å². The summed E-state index contributed by atoms with van der Waals surface area (Å²) in [5.41, 5.74) is 1.72. The molecule has 0 aliphatic carbocycles. The molecule has 1 heterocycles. The first-order valence-electron chi connectivity index (χ1n) is 4.84. The summed E-state index contributed by atoms with van der Waals surface area (Å²) in [7, 11) is 0. The first-order valence-corrected chi connectivity index (χ1v) is 5.64. The van der Waals surface area contributed by atoms with Gasteiger partial charge in [-0.1, -0.05) is 0 Å². The summed E-state index contributed by atoms with van der Waals surface area (Å²) >= 11 is 3.11. The zero-order valence-corrected chi connectivity index (χ0v) is 10.3. The Morgan fingerprint density at radius 2 is 2.31 bits per heavy atom. The molecule has 0 unspecified atom stereocenters. The Morgan fingerprint density at radius 1 is 1.50 bits per heavy atom. The molecule has 1 aromatic carbocycles. The van der Waals surface area contributed by atoms with Crippen molar-refractivity contribution in [1.29, 1.82) is 0 Å². The topological polar surface area (TPSA) is 40.7 Å². The van der Waals surface area contributed by atoms with E-state index in [2.05, 4.69) is 31.2 Å². The summed E-state index contributed by atoms with van der Waals surface area (Å²) in [6.45, 7) is 2.49. The Balaban J connectivity index is 2.02. The standard InChI is InChI=1S/C11H11BrFN3/c1-7-14-5-9(16-7)6-15-8-2-3-10(12)11(13)4-8/h2-5,15H,6H2,1H3,(H,14,16). The van der Waals surface area contributed by atoms with Crippen LogP contribution in [0.1, 0.15) is 11.5 Å². The molecule has 0 aliphatic heterocycles. The van der Waals surface area contributed by atoms with E-state index in [1.54, 1.807) is 12.3 Å². The second-order valence-electron chi connectivity index (χ2n) is 3.48. The van der Waals surface area contributed by atoms with Crippen LogP contribution >= 0.6 is 15.9 Å². The van der Waals surface area contributed by atoms with Crippen LogP contribution in [-0.2, 0) is 6.54 Å². The minimum Gasteiger partial charge on any atom is -0.379 e. The molecule has 2 N–H and O–H groups in total. The van der Waals surface area contributed by atoms with Crippen molar-refractivity contribution in [2.45, 2.75) is 13.5 Å². The zero-order valence-electron chi connectivity index (χ0n) is 8.72. The molecule has 0 bridgehead atoms. The highest BCUT2D eigenvalue weighted by Crippen LogP contribution is 2.19. The first-order chi connectivity index (χ1) is 7.65. The van der Waals surface area contributed by atoms with Crippen molar-refractivity contribution in [2.75, 3.05) is 5.32 Å². The number of rotatable bonds is 3. The largest absolute Gasteiger partial charge is 0.379 e. The van der Waals surface area contributed by atoms with Crippen molar-refractivity contribution < 1.29 is 4.39 Å². The van der Waals surface area contributed by atoms with E-state index in [0.717, 1.165) is 17.2 Å². The van der Waals surface area contributed by atoms with Crippen LogP contribution in [0.15, 0.2) is 28.9 Å². The van der Waals surface area contributed by atoms with Crippen LogP contribution in [0.3, 0.4) is 0 Å². The number of H-pyrrole nitrogens is 1. The second kappa shape index (κ2) is 4.65. The molecule has 3 nitrogen and oxygen atoms in total. The smallest absolute Gasteiger partial charge is 0.139 e. The molecule has 0 spiro atoms. The fraction of sp³-hybridized carbons (Fsp3) is 0.182. The molecule has 0 saturated carbocycles. The van der Waals surface area contributed by atoms with Gasteiger partial charge in [0.25, 0.3) is 0 Å². The van der Waals surface area contributed by atoms with E-state index in [4.69, 9.17) is 0 Å². The van der Waals surface area contributed by atoms with E-state index >= 15 is 0 Å². The molecule has 84 valence electrons. The molecule has 0 amide bonds.